The van der Waals surface area contributed by atoms with Crippen molar-refractivity contribution in [3.63, 3.8) is 0 Å². The Morgan fingerprint density at radius 1 is 1.41 bits per heavy atom. The Bertz CT molecular complexity index is 396. The van der Waals surface area contributed by atoms with Crippen molar-refractivity contribution in [1.29, 1.82) is 0 Å². The van der Waals surface area contributed by atoms with Crippen LogP contribution in [0.4, 0.5) is 8.78 Å². The molecule has 3 nitrogen and oxygen atoms in total. The third kappa shape index (κ3) is 4.11. The lowest BCUT2D eigenvalue weighted by Gasteiger charge is -2.14. The van der Waals surface area contributed by atoms with Crippen molar-refractivity contribution in [2.24, 2.45) is 0 Å². The quantitative estimate of drug-likeness (QED) is 0.826. The van der Waals surface area contributed by atoms with Crippen LogP contribution in [-0.4, -0.2) is 19.5 Å². The maximum atomic E-state index is 13.4. The topological polar surface area (TPSA) is 41.1 Å². The summed E-state index contributed by atoms with van der Waals surface area (Å²) in [4.78, 5) is 11.0. The zero-order valence-corrected chi connectivity index (χ0v) is 9.89. The molecule has 0 aromatic heterocycles. The summed E-state index contributed by atoms with van der Waals surface area (Å²) >= 11 is 0. The summed E-state index contributed by atoms with van der Waals surface area (Å²) in [6.45, 7) is 2.21. The molecule has 0 saturated carbocycles. The molecular formula is C12H16F2N2O. The van der Waals surface area contributed by atoms with Crippen LogP contribution in [0.2, 0.25) is 0 Å². The van der Waals surface area contributed by atoms with Gasteiger partial charge in [-0.15, -0.1) is 0 Å². The fraction of sp³-hybridized carbons (Fsp3) is 0.417. The van der Waals surface area contributed by atoms with Gasteiger partial charge in [0, 0.05) is 37.7 Å². The van der Waals surface area contributed by atoms with E-state index in [1.807, 2.05) is 0 Å². The van der Waals surface area contributed by atoms with Crippen LogP contribution in [0.25, 0.3) is 0 Å². The molecule has 0 heterocycles. The molecule has 0 aliphatic carbocycles. The fourth-order valence-corrected chi connectivity index (χ4v) is 1.49. The van der Waals surface area contributed by atoms with Crippen LogP contribution in [-0.2, 0) is 4.79 Å². The van der Waals surface area contributed by atoms with Crippen molar-refractivity contribution in [3.8, 4) is 0 Å². The third-order valence-electron chi connectivity index (χ3n) is 2.51. The largest absolute Gasteiger partial charge is 0.359 e. The lowest BCUT2D eigenvalue weighted by Crippen LogP contribution is -2.26. The van der Waals surface area contributed by atoms with Crippen molar-refractivity contribution >= 4 is 5.91 Å². The smallest absolute Gasteiger partial charge is 0.221 e. The molecule has 5 heteroatoms. The molecular weight excluding hydrogens is 226 g/mol. The normalized spacial score (nSPS) is 12.2. The van der Waals surface area contributed by atoms with E-state index in [1.165, 1.54) is 12.1 Å². The maximum Gasteiger partial charge on any atom is 0.221 e. The van der Waals surface area contributed by atoms with Crippen LogP contribution in [0.1, 0.15) is 24.9 Å². The van der Waals surface area contributed by atoms with Crippen molar-refractivity contribution in [1.82, 2.24) is 10.6 Å². The average Bonchev–Trinajstić information content (AvgIpc) is 2.28. The van der Waals surface area contributed by atoms with Gasteiger partial charge in [0.15, 0.2) is 0 Å². The maximum absolute atomic E-state index is 13.4. The minimum atomic E-state index is -0.594. The van der Waals surface area contributed by atoms with Gasteiger partial charge in [0.25, 0.3) is 0 Å². The number of benzene rings is 1. The van der Waals surface area contributed by atoms with E-state index in [0.717, 1.165) is 6.07 Å². The molecule has 2 N–H and O–H groups in total. The first-order chi connectivity index (χ1) is 8.04. The predicted molar refractivity (Wildman–Crippen MR) is 61.5 cm³/mol. The molecule has 1 unspecified atom stereocenters. The molecule has 0 bridgehead atoms. The van der Waals surface area contributed by atoms with Gasteiger partial charge in [-0.05, 0) is 13.0 Å². The molecule has 0 aliphatic rings. The molecule has 94 valence electrons. The predicted octanol–water partition coefficient (Wildman–Crippen LogP) is 1.75. The molecule has 1 atom stereocenters. The van der Waals surface area contributed by atoms with Gasteiger partial charge < -0.3 is 10.6 Å². The fourth-order valence-electron chi connectivity index (χ4n) is 1.49. The standard InChI is InChI=1S/C12H16F2N2O/c1-8(16-6-5-12(17)15-2)10-4-3-9(13)7-11(10)14/h3-4,7-8,16H,5-6H2,1-2H3,(H,15,17). The van der Waals surface area contributed by atoms with E-state index in [4.69, 9.17) is 0 Å². The molecule has 17 heavy (non-hydrogen) atoms. The van der Waals surface area contributed by atoms with Gasteiger partial charge in [0.2, 0.25) is 5.91 Å². The van der Waals surface area contributed by atoms with Crippen LogP contribution in [0.3, 0.4) is 0 Å². The highest BCUT2D eigenvalue weighted by atomic mass is 19.1. The monoisotopic (exact) mass is 242 g/mol. The summed E-state index contributed by atoms with van der Waals surface area (Å²) in [6, 6.07) is 3.21. The highest BCUT2D eigenvalue weighted by Crippen LogP contribution is 2.17. The number of halogens is 2. The number of rotatable bonds is 5. The van der Waals surface area contributed by atoms with Crippen LogP contribution in [0, 0.1) is 11.6 Å². The van der Waals surface area contributed by atoms with Gasteiger partial charge >= 0.3 is 0 Å². The first-order valence-corrected chi connectivity index (χ1v) is 5.43. The van der Waals surface area contributed by atoms with E-state index in [2.05, 4.69) is 10.6 Å². The van der Waals surface area contributed by atoms with Crippen molar-refractivity contribution in [2.75, 3.05) is 13.6 Å². The third-order valence-corrected chi connectivity index (χ3v) is 2.51. The Hall–Kier alpha value is -1.49. The summed E-state index contributed by atoms with van der Waals surface area (Å²) in [5.74, 6) is -1.25. The molecule has 1 aromatic carbocycles. The van der Waals surface area contributed by atoms with Gasteiger partial charge in [-0.3, -0.25) is 4.79 Å². The minimum absolute atomic E-state index is 0.0794. The number of nitrogens with one attached hydrogen (secondary N) is 2. The van der Waals surface area contributed by atoms with E-state index in [9.17, 15) is 13.6 Å². The Kier molecular flexibility index (Phi) is 5.03. The molecule has 1 aromatic rings. The Morgan fingerprint density at radius 3 is 2.71 bits per heavy atom. The van der Waals surface area contributed by atoms with Gasteiger partial charge in [-0.1, -0.05) is 6.07 Å². The SMILES string of the molecule is CNC(=O)CCNC(C)c1ccc(F)cc1F. The van der Waals surface area contributed by atoms with Crippen molar-refractivity contribution in [3.05, 3.63) is 35.4 Å². The Balaban J connectivity index is 2.52. The van der Waals surface area contributed by atoms with E-state index in [1.54, 1.807) is 14.0 Å². The summed E-state index contributed by atoms with van der Waals surface area (Å²) < 4.78 is 26.1. The van der Waals surface area contributed by atoms with Crippen LogP contribution >= 0.6 is 0 Å². The Morgan fingerprint density at radius 2 is 2.12 bits per heavy atom. The van der Waals surface area contributed by atoms with Crippen LogP contribution < -0.4 is 10.6 Å². The highest BCUT2D eigenvalue weighted by molar-refractivity contribution is 5.75. The van der Waals surface area contributed by atoms with E-state index >= 15 is 0 Å². The number of carbonyl (C=O) groups is 1. The Labute approximate surface area is 99.2 Å². The summed E-state index contributed by atoms with van der Waals surface area (Å²) in [7, 11) is 1.56. The first-order valence-electron chi connectivity index (χ1n) is 5.43. The second-order valence-corrected chi connectivity index (χ2v) is 3.76. The lowest BCUT2D eigenvalue weighted by molar-refractivity contribution is -0.120. The molecule has 1 amide bonds. The van der Waals surface area contributed by atoms with E-state index < -0.39 is 11.6 Å². The zero-order chi connectivity index (χ0) is 12.8. The van der Waals surface area contributed by atoms with Gasteiger partial charge in [0.1, 0.15) is 11.6 Å². The van der Waals surface area contributed by atoms with Crippen molar-refractivity contribution < 1.29 is 13.6 Å². The molecule has 1 rings (SSSR count). The lowest BCUT2D eigenvalue weighted by atomic mass is 10.1. The van der Waals surface area contributed by atoms with Gasteiger partial charge in [0.05, 0.1) is 0 Å². The first kappa shape index (κ1) is 13.6. The van der Waals surface area contributed by atoms with Gasteiger partial charge in [-0.25, -0.2) is 8.78 Å². The summed E-state index contributed by atoms with van der Waals surface area (Å²) in [5, 5.41) is 5.50. The second-order valence-electron chi connectivity index (χ2n) is 3.76. The summed E-state index contributed by atoms with van der Waals surface area (Å²) in [6.07, 6.45) is 0.323. The van der Waals surface area contributed by atoms with Gasteiger partial charge in [-0.2, -0.15) is 0 Å². The number of carbonyl (C=O) groups excluding carboxylic acids is 1. The number of hydrogen-bond acceptors (Lipinski definition) is 2. The van der Waals surface area contributed by atoms with E-state index in [0.29, 0.717) is 18.5 Å². The molecule has 0 spiro atoms. The van der Waals surface area contributed by atoms with Crippen LogP contribution in [0.15, 0.2) is 18.2 Å². The van der Waals surface area contributed by atoms with Crippen LogP contribution in [0.5, 0.6) is 0 Å². The van der Waals surface area contributed by atoms with Crippen molar-refractivity contribution in [2.45, 2.75) is 19.4 Å². The minimum Gasteiger partial charge on any atom is -0.359 e. The van der Waals surface area contributed by atoms with E-state index in [-0.39, 0.29) is 11.9 Å². The second kappa shape index (κ2) is 6.30. The molecule has 0 fully saturated rings. The number of amides is 1. The summed E-state index contributed by atoms with van der Waals surface area (Å²) in [5.41, 5.74) is 0.392. The molecule has 0 saturated heterocycles. The zero-order valence-electron chi connectivity index (χ0n) is 9.89. The molecule has 0 radical (unpaired) electrons. The highest BCUT2D eigenvalue weighted by Gasteiger charge is 2.11. The number of hydrogen-bond donors (Lipinski definition) is 2. The molecule has 0 aliphatic heterocycles. The average molecular weight is 242 g/mol.